The van der Waals surface area contributed by atoms with Crippen molar-refractivity contribution in [1.82, 2.24) is 20.4 Å². The van der Waals surface area contributed by atoms with Crippen LogP contribution in [0.1, 0.15) is 45.2 Å². The summed E-state index contributed by atoms with van der Waals surface area (Å²) in [6.07, 6.45) is 2.20. The molecule has 0 spiro atoms. The second-order valence-electron chi connectivity index (χ2n) is 7.68. The zero-order valence-corrected chi connectivity index (χ0v) is 15.0. The Kier molecular flexibility index (Phi) is 4.99. The summed E-state index contributed by atoms with van der Waals surface area (Å²) in [4.78, 5) is 16.1. The van der Waals surface area contributed by atoms with Crippen LogP contribution in [0.15, 0.2) is 6.07 Å². The van der Waals surface area contributed by atoms with E-state index in [2.05, 4.69) is 26.5 Å². The molecular formula is C17H29N5O2. The molecule has 0 saturated carbocycles. The summed E-state index contributed by atoms with van der Waals surface area (Å²) in [6.45, 7) is 10.7. The van der Waals surface area contributed by atoms with Crippen molar-refractivity contribution in [2.45, 2.75) is 45.1 Å². The first-order valence-electron chi connectivity index (χ1n) is 8.91. The van der Waals surface area contributed by atoms with Gasteiger partial charge in [-0.15, -0.1) is 0 Å². The molecule has 3 rings (SSSR count). The SMILES string of the molecule is CC(C)(C)OC(=O)N1CCN(c2cc(C3CCCNC3)[nH]n2)CC1. The fourth-order valence-corrected chi connectivity index (χ4v) is 3.26. The number of carbonyl (C=O) groups is 1. The van der Waals surface area contributed by atoms with E-state index in [0.717, 1.165) is 32.0 Å². The fraction of sp³-hybridized carbons (Fsp3) is 0.765. The van der Waals surface area contributed by atoms with Crippen LogP contribution < -0.4 is 10.2 Å². The first-order chi connectivity index (χ1) is 11.4. The number of hydrogen-bond donors (Lipinski definition) is 2. The molecule has 134 valence electrons. The topological polar surface area (TPSA) is 73.5 Å². The molecule has 2 saturated heterocycles. The molecule has 0 aromatic carbocycles. The molecule has 3 heterocycles. The second-order valence-corrected chi connectivity index (χ2v) is 7.68. The van der Waals surface area contributed by atoms with E-state index in [-0.39, 0.29) is 6.09 Å². The minimum atomic E-state index is -0.445. The minimum Gasteiger partial charge on any atom is -0.444 e. The van der Waals surface area contributed by atoms with Crippen molar-refractivity contribution >= 4 is 11.9 Å². The number of rotatable bonds is 2. The minimum absolute atomic E-state index is 0.224. The lowest BCUT2D eigenvalue weighted by Crippen LogP contribution is -2.50. The molecule has 1 aromatic heterocycles. The number of hydrogen-bond acceptors (Lipinski definition) is 5. The maximum atomic E-state index is 12.1. The van der Waals surface area contributed by atoms with Gasteiger partial charge in [-0.2, -0.15) is 5.10 Å². The largest absolute Gasteiger partial charge is 0.444 e. The molecule has 2 aliphatic heterocycles. The molecule has 7 nitrogen and oxygen atoms in total. The summed E-state index contributed by atoms with van der Waals surface area (Å²) in [7, 11) is 0. The van der Waals surface area contributed by atoms with E-state index in [1.807, 2.05) is 20.8 Å². The average molecular weight is 335 g/mol. The highest BCUT2D eigenvalue weighted by Gasteiger charge is 2.27. The van der Waals surface area contributed by atoms with Crippen LogP contribution in [0.5, 0.6) is 0 Å². The second kappa shape index (κ2) is 7.01. The van der Waals surface area contributed by atoms with Gasteiger partial charge in [0.25, 0.3) is 0 Å². The molecule has 7 heteroatoms. The number of carbonyl (C=O) groups excluding carboxylic acids is 1. The standard InChI is InChI=1S/C17H29N5O2/c1-17(2,3)24-16(23)22-9-7-21(8-10-22)15-11-14(19-20-15)13-5-4-6-18-12-13/h11,13,18H,4-10,12H2,1-3H3,(H,19,20). The number of piperidine rings is 1. The summed E-state index contributed by atoms with van der Waals surface area (Å²) in [5, 5.41) is 11.1. The average Bonchev–Trinajstić information content (AvgIpc) is 3.04. The van der Waals surface area contributed by atoms with E-state index in [9.17, 15) is 4.79 Å². The van der Waals surface area contributed by atoms with E-state index in [1.54, 1.807) is 4.90 Å². The summed E-state index contributed by atoms with van der Waals surface area (Å²) < 4.78 is 5.44. The zero-order chi connectivity index (χ0) is 17.2. The van der Waals surface area contributed by atoms with Crippen LogP contribution in [0.4, 0.5) is 10.6 Å². The predicted octanol–water partition coefficient (Wildman–Crippen LogP) is 1.93. The van der Waals surface area contributed by atoms with Crippen LogP contribution in [0.2, 0.25) is 0 Å². The van der Waals surface area contributed by atoms with Crippen LogP contribution in [-0.2, 0) is 4.74 Å². The highest BCUT2D eigenvalue weighted by Crippen LogP contribution is 2.25. The molecule has 2 N–H and O–H groups in total. The Bertz CT molecular complexity index is 552. The Labute approximate surface area is 143 Å². The number of piperazine rings is 1. The number of nitrogens with zero attached hydrogens (tertiary/aromatic N) is 3. The first-order valence-corrected chi connectivity index (χ1v) is 8.91. The van der Waals surface area contributed by atoms with Gasteiger partial charge >= 0.3 is 6.09 Å². The van der Waals surface area contributed by atoms with Gasteiger partial charge in [-0.05, 0) is 40.2 Å². The van der Waals surface area contributed by atoms with Crippen LogP contribution >= 0.6 is 0 Å². The quantitative estimate of drug-likeness (QED) is 0.864. The van der Waals surface area contributed by atoms with E-state index in [4.69, 9.17) is 4.74 Å². The highest BCUT2D eigenvalue weighted by molar-refractivity contribution is 5.68. The Morgan fingerprint density at radius 1 is 1.29 bits per heavy atom. The maximum absolute atomic E-state index is 12.1. The molecule has 0 bridgehead atoms. The number of amides is 1. The molecule has 0 radical (unpaired) electrons. The van der Waals surface area contributed by atoms with Crippen LogP contribution in [0, 0.1) is 0 Å². The van der Waals surface area contributed by atoms with Gasteiger partial charge < -0.3 is 19.9 Å². The van der Waals surface area contributed by atoms with E-state index >= 15 is 0 Å². The van der Waals surface area contributed by atoms with Gasteiger partial charge in [-0.25, -0.2) is 4.79 Å². The lowest BCUT2D eigenvalue weighted by molar-refractivity contribution is 0.0240. The third-order valence-corrected chi connectivity index (χ3v) is 4.58. The summed E-state index contributed by atoms with van der Waals surface area (Å²) in [5.74, 6) is 1.52. The van der Waals surface area contributed by atoms with Crippen molar-refractivity contribution in [2.75, 3.05) is 44.2 Å². The van der Waals surface area contributed by atoms with Gasteiger partial charge in [0.05, 0.1) is 0 Å². The van der Waals surface area contributed by atoms with E-state index in [0.29, 0.717) is 19.0 Å². The molecule has 24 heavy (non-hydrogen) atoms. The maximum Gasteiger partial charge on any atom is 0.410 e. The molecule has 0 aliphatic carbocycles. The van der Waals surface area contributed by atoms with Gasteiger partial charge in [0, 0.05) is 50.4 Å². The lowest BCUT2D eigenvalue weighted by Gasteiger charge is -2.35. The molecule has 1 unspecified atom stereocenters. The Hall–Kier alpha value is -1.76. The molecule has 1 atom stereocenters. The van der Waals surface area contributed by atoms with E-state index in [1.165, 1.54) is 18.5 Å². The van der Waals surface area contributed by atoms with Gasteiger partial charge in [0.2, 0.25) is 0 Å². The third-order valence-electron chi connectivity index (χ3n) is 4.58. The van der Waals surface area contributed by atoms with Crippen molar-refractivity contribution in [3.05, 3.63) is 11.8 Å². The van der Waals surface area contributed by atoms with Gasteiger partial charge in [-0.1, -0.05) is 0 Å². The number of anilines is 1. The smallest absolute Gasteiger partial charge is 0.410 e. The van der Waals surface area contributed by atoms with Crippen molar-refractivity contribution in [3.63, 3.8) is 0 Å². The van der Waals surface area contributed by atoms with Gasteiger partial charge in [-0.3, -0.25) is 5.10 Å². The molecular weight excluding hydrogens is 306 g/mol. The Balaban J connectivity index is 1.53. The number of aromatic nitrogens is 2. The van der Waals surface area contributed by atoms with Crippen molar-refractivity contribution in [3.8, 4) is 0 Å². The third kappa shape index (κ3) is 4.20. The number of aromatic amines is 1. The van der Waals surface area contributed by atoms with Crippen LogP contribution in [0.25, 0.3) is 0 Å². The lowest BCUT2D eigenvalue weighted by atomic mass is 9.96. The Morgan fingerprint density at radius 3 is 2.67 bits per heavy atom. The van der Waals surface area contributed by atoms with Crippen molar-refractivity contribution in [1.29, 1.82) is 0 Å². The first kappa shape index (κ1) is 17.1. The zero-order valence-electron chi connectivity index (χ0n) is 15.0. The summed E-state index contributed by atoms with van der Waals surface area (Å²) in [6, 6.07) is 2.17. The van der Waals surface area contributed by atoms with Crippen LogP contribution in [0.3, 0.4) is 0 Å². The number of nitrogens with one attached hydrogen (secondary N) is 2. The molecule has 1 amide bonds. The monoisotopic (exact) mass is 335 g/mol. The van der Waals surface area contributed by atoms with E-state index < -0.39 is 5.60 Å². The normalized spacial score (nSPS) is 22.5. The predicted molar refractivity (Wildman–Crippen MR) is 93.5 cm³/mol. The number of ether oxygens (including phenoxy) is 1. The highest BCUT2D eigenvalue weighted by atomic mass is 16.6. The summed E-state index contributed by atoms with van der Waals surface area (Å²) >= 11 is 0. The van der Waals surface area contributed by atoms with Gasteiger partial charge in [0.15, 0.2) is 5.82 Å². The van der Waals surface area contributed by atoms with Crippen molar-refractivity contribution < 1.29 is 9.53 Å². The van der Waals surface area contributed by atoms with Crippen LogP contribution in [-0.4, -0.2) is 66.1 Å². The van der Waals surface area contributed by atoms with Gasteiger partial charge in [0.1, 0.15) is 5.60 Å². The fourth-order valence-electron chi connectivity index (χ4n) is 3.26. The number of H-pyrrole nitrogens is 1. The Morgan fingerprint density at radius 2 is 2.04 bits per heavy atom. The van der Waals surface area contributed by atoms with Crippen molar-refractivity contribution in [2.24, 2.45) is 0 Å². The molecule has 1 aromatic rings. The molecule has 2 fully saturated rings. The summed E-state index contributed by atoms with van der Waals surface area (Å²) in [5.41, 5.74) is 0.770. The molecule has 2 aliphatic rings.